The summed E-state index contributed by atoms with van der Waals surface area (Å²) in [6.07, 6.45) is 6.74. The molecule has 0 aromatic carbocycles. The van der Waals surface area contributed by atoms with Gasteiger partial charge in [0.1, 0.15) is 0 Å². The lowest BCUT2D eigenvalue weighted by Gasteiger charge is -2.25. The highest BCUT2D eigenvalue weighted by atomic mass is 16.4. The van der Waals surface area contributed by atoms with E-state index in [4.69, 9.17) is 0 Å². The zero-order chi connectivity index (χ0) is 13.3. The van der Waals surface area contributed by atoms with Crippen molar-refractivity contribution >= 4 is 11.9 Å². The monoisotopic (exact) mass is 251 g/mol. The van der Waals surface area contributed by atoms with Crippen LogP contribution in [0.1, 0.15) is 33.1 Å². The summed E-state index contributed by atoms with van der Waals surface area (Å²) in [5.41, 5.74) is 0. The summed E-state index contributed by atoms with van der Waals surface area (Å²) in [5.74, 6) is -1.67. The molecule has 0 spiro atoms. The SMILES string of the molecule is CCCC(C)NC(=O)C1C2C=CC(C2)C1C(=O)O. The van der Waals surface area contributed by atoms with Crippen LogP contribution in [0.25, 0.3) is 0 Å². The molecule has 0 radical (unpaired) electrons. The Hall–Kier alpha value is -1.32. The van der Waals surface area contributed by atoms with Crippen LogP contribution in [0.5, 0.6) is 0 Å². The number of fused-ring (bicyclic) bond motifs is 2. The molecule has 2 aliphatic carbocycles. The average Bonchev–Trinajstić information content (AvgIpc) is 2.88. The number of amides is 1. The zero-order valence-corrected chi connectivity index (χ0v) is 10.9. The van der Waals surface area contributed by atoms with Crippen LogP contribution in [-0.4, -0.2) is 23.0 Å². The van der Waals surface area contributed by atoms with E-state index in [-0.39, 0.29) is 29.7 Å². The summed E-state index contributed by atoms with van der Waals surface area (Å²) < 4.78 is 0. The van der Waals surface area contributed by atoms with Gasteiger partial charge in [0.15, 0.2) is 0 Å². The average molecular weight is 251 g/mol. The standard InChI is InChI=1S/C14H21NO3/c1-3-4-8(2)15-13(16)11-9-5-6-10(7-9)12(11)14(17)18/h5-6,8-12H,3-4,7H2,1-2H3,(H,15,16)(H,17,18). The fourth-order valence-electron chi connectivity index (χ4n) is 3.36. The number of rotatable bonds is 5. The number of allylic oxidation sites excluding steroid dienone is 2. The van der Waals surface area contributed by atoms with Gasteiger partial charge in [-0.05, 0) is 31.6 Å². The summed E-state index contributed by atoms with van der Waals surface area (Å²) in [6.45, 7) is 4.04. The fourth-order valence-corrected chi connectivity index (χ4v) is 3.36. The third-order valence-electron chi connectivity index (χ3n) is 4.16. The van der Waals surface area contributed by atoms with E-state index in [1.807, 2.05) is 19.1 Å². The lowest BCUT2D eigenvalue weighted by Crippen LogP contribution is -2.43. The van der Waals surface area contributed by atoms with Gasteiger partial charge in [0, 0.05) is 6.04 Å². The van der Waals surface area contributed by atoms with Crippen molar-refractivity contribution in [3.63, 3.8) is 0 Å². The second-order valence-electron chi connectivity index (χ2n) is 5.54. The predicted octanol–water partition coefficient (Wildman–Crippen LogP) is 1.81. The normalized spacial score (nSPS) is 34.6. The maximum Gasteiger partial charge on any atom is 0.307 e. The van der Waals surface area contributed by atoms with Gasteiger partial charge in [-0.15, -0.1) is 0 Å². The molecule has 1 amide bonds. The number of nitrogens with one attached hydrogen (secondary N) is 1. The molecule has 5 atom stereocenters. The first-order chi connectivity index (χ1) is 8.54. The number of carbonyl (C=O) groups is 2. The van der Waals surface area contributed by atoms with Gasteiger partial charge in [-0.2, -0.15) is 0 Å². The lowest BCUT2D eigenvalue weighted by molar-refractivity contribution is -0.148. The second kappa shape index (κ2) is 5.12. The van der Waals surface area contributed by atoms with Crippen molar-refractivity contribution in [2.24, 2.45) is 23.7 Å². The number of aliphatic carboxylic acids is 1. The Balaban J connectivity index is 2.05. The summed E-state index contributed by atoms with van der Waals surface area (Å²) in [5, 5.41) is 12.2. The Morgan fingerprint density at radius 2 is 1.94 bits per heavy atom. The van der Waals surface area contributed by atoms with Gasteiger partial charge in [0.2, 0.25) is 5.91 Å². The molecule has 5 unspecified atom stereocenters. The van der Waals surface area contributed by atoms with Crippen molar-refractivity contribution < 1.29 is 14.7 Å². The van der Waals surface area contributed by atoms with Crippen molar-refractivity contribution in [3.05, 3.63) is 12.2 Å². The van der Waals surface area contributed by atoms with E-state index in [0.29, 0.717) is 0 Å². The van der Waals surface area contributed by atoms with E-state index in [0.717, 1.165) is 19.3 Å². The second-order valence-corrected chi connectivity index (χ2v) is 5.54. The van der Waals surface area contributed by atoms with Crippen molar-refractivity contribution in [2.45, 2.75) is 39.2 Å². The first-order valence-corrected chi connectivity index (χ1v) is 6.76. The van der Waals surface area contributed by atoms with Crippen LogP contribution in [0, 0.1) is 23.7 Å². The molecule has 18 heavy (non-hydrogen) atoms. The highest BCUT2D eigenvalue weighted by Gasteiger charge is 2.51. The largest absolute Gasteiger partial charge is 0.481 e. The Kier molecular flexibility index (Phi) is 3.73. The molecule has 1 fully saturated rings. The molecule has 100 valence electrons. The third kappa shape index (κ3) is 2.28. The molecule has 2 bridgehead atoms. The van der Waals surface area contributed by atoms with Gasteiger partial charge in [0.25, 0.3) is 0 Å². The summed E-state index contributed by atoms with van der Waals surface area (Å²) in [6, 6.07) is 0.125. The lowest BCUT2D eigenvalue weighted by atomic mass is 9.82. The van der Waals surface area contributed by atoms with Crippen molar-refractivity contribution in [2.75, 3.05) is 0 Å². The molecule has 0 aliphatic heterocycles. The van der Waals surface area contributed by atoms with Gasteiger partial charge < -0.3 is 10.4 Å². The molecule has 1 saturated carbocycles. The zero-order valence-electron chi connectivity index (χ0n) is 10.9. The molecule has 0 aromatic heterocycles. The molecule has 0 aromatic rings. The first-order valence-electron chi connectivity index (χ1n) is 6.76. The van der Waals surface area contributed by atoms with Crippen molar-refractivity contribution in [3.8, 4) is 0 Å². The van der Waals surface area contributed by atoms with Crippen molar-refractivity contribution in [1.82, 2.24) is 5.32 Å². The maximum absolute atomic E-state index is 12.2. The summed E-state index contributed by atoms with van der Waals surface area (Å²) >= 11 is 0. The highest BCUT2D eigenvalue weighted by molar-refractivity contribution is 5.87. The molecule has 2 rings (SSSR count). The van der Waals surface area contributed by atoms with E-state index in [9.17, 15) is 14.7 Å². The van der Waals surface area contributed by atoms with Gasteiger partial charge in [-0.1, -0.05) is 25.5 Å². The van der Waals surface area contributed by atoms with E-state index in [1.165, 1.54) is 0 Å². The van der Waals surface area contributed by atoms with Crippen LogP contribution >= 0.6 is 0 Å². The predicted molar refractivity (Wildman–Crippen MR) is 67.9 cm³/mol. The number of carboxylic acid groups (broad SMARTS) is 1. The van der Waals surface area contributed by atoms with Crippen LogP contribution in [-0.2, 0) is 9.59 Å². The molecular formula is C14H21NO3. The Labute approximate surface area is 107 Å². The highest BCUT2D eigenvalue weighted by Crippen LogP contribution is 2.48. The van der Waals surface area contributed by atoms with Gasteiger partial charge in [-0.25, -0.2) is 0 Å². The molecule has 4 heteroatoms. The molecular weight excluding hydrogens is 230 g/mol. The van der Waals surface area contributed by atoms with E-state index in [2.05, 4.69) is 12.2 Å². The minimum Gasteiger partial charge on any atom is -0.481 e. The van der Waals surface area contributed by atoms with E-state index < -0.39 is 11.9 Å². The van der Waals surface area contributed by atoms with Gasteiger partial charge in [0.05, 0.1) is 11.8 Å². The molecule has 0 saturated heterocycles. The Morgan fingerprint density at radius 1 is 1.33 bits per heavy atom. The van der Waals surface area contributed by atoms with Crippen LogP contribution in [0.4, 0.5) is 0 Å². The number of hydrogen-bond acceptors (Lipinski definition) is 2. The topological polar surface area (TPSA) is 66.4 Å². The molecule has 0 heterocycles. The summed E-state index contributed by atoms with van der Waals surface area (Å²) in [4.78, 5) is 23.5. The number of carbonyl (C=O) groups excluding carboxylic acids is 1. The number of hydrogen-bond donors (Lipinski definition) is 2. The Bertz CT molecular complexity index is 377. The Morgan fingerprint density at radius 3 is 2.50 bits per heavy atom. The minimum absolute atomic E-state index is 0.0460. The van der Waals surface area contributed by atoms with Gasteiger partial charge in [-0.3, -0.25) is 9.59 Å². The van der Waals surface area contributed by atoms with E-state index >= 15 is 0 Å². The maximum atomic E-state index is 12.2. The minimum atomic E-state index is -0.838. The van der Waals surface area contributed by atoms with Crippen LogP contribution in [0.3, 0.4) is 0 Å². The molecule has 4 nitrogen and oxygen atoms in total. The number of carboxylic acids is 1. The summed E-state index contributed by atoms with van der Waals surface area (Å²) in [7, 11) is 0. The van der Waals surface area contributed by atoms with E-state index in [1.54, 1.807) is 0 Å². The van der Waals surface area contributed by atoms with Gasteiger partial charge >= 0.3 is 5.97 Å². The quantitative estimate of drug-likeness (QED) is 0.732. The smallest absolute Gasteiger partial charge is 0.307 e. The molecule has 2 N–H and O–H groups in total. The third-order valence-corrected chi connectivity index (χ3v) is 4.16. The first kappa shape index (κ1) is 13.1. The fraction of sp³-hybridized carbons (Fsp3) is 0.714. The van der Waals surface area contributed by atoms with Crippen molar-refractivity contribution in [1.29, 1.82) is 0 Å². The molecule has 2 aliphatic rings. The van der Waals surface area contributed by atoms with Crippen LogP contribution in [0.2, 0.25) is 0 Å². The van der Waals surface area contributed by atoms with Crippen LogP contribution in [0.15, 0.2) is 12.2 Å². The van der Waals surface area contributed by atoms with Crippen LogP contribution < -0.4 is 5.32 Å².